The number of aryl methyl sites for hydroxylation is 1. The van der Waals surface area contributed by atoms with E-state index in [0.717, 1.165) is 22.5 Å². The van der Waals surface area contributed by atoms with Crippen LogP contribution in [-0.2, 0) is 11.3 Å². The SMILES string of the molecule is [2H]C([2H])(c1ccccc1OC/C=C(\C)CCC(=O)O)n1c(C)cnc1-c1ccc(-c2ccco2)cc1. The Hall–Kier alpha value is -4.06. The fraction of sp³-hybridized carbons (Fsp3) is 0.214. The predicted molar refractivity (Wildman–Crippen MR) is 132 cm³/mol. The molecule has 34 heavy (non-hydrogen) atoms. The Bertz CT molecular complexity index is 1360. The summed E-state index contributed by atoms with van der Waals surface area (Å²) in [5.41, 5.74) is 3.65. The van der Waals surface area contributed by atoms with Crippen LogP contribution in [0.25, 0.3) is 22.7 Å². The molecule has 6 heteroatoms. The van der Waals surface area contributed by atoms with Gasteiger partial charge in [0.25, 0.3) is 0 Å². The minimum Gasteiger partial charge on any atom is -0.489 e. The van der Waals surface area contributed by atoms with Crippen molar-refractivity contribution in [2.45, 2.75) is 33.2 Å². The van der Waals surface area contributed by atoms with Crippen molar-refractivity contribution in [3.63, 3.8) is 0 Å². The maximum Gasteiger partial charge on any atom is 0.303 e. The van der Waals surface area contributed by atoms with Crippen LogP contribution in [0, 0.1) is 6.92 Å². The zero-order valence-corrected chi connectivity index (χ0v) is 19.2. The van der Waals surface area contributed by atoms with Crippen LogP contribution in [-0.4, -0.2) is 27.2 Å². The minimum atomic E-state index is -1.95. The third-order valence-corrected chi connectivity index (χ3v) is 5.41. The third kappa shape index (κ3) is 5.64. The molecule has 0 aliphatic heterocycles. The second-order valence-corrected chi connectivity index (χ2v) is 7.98. The monoisotopic (exact) mass is 458 g/mol. The molecule has 2 heterocycles. The first-order valence-corrected chi connectivity index (χ1v) is 11.1. The molecule has 0 aliphatic carbocycles. The molecule has 1 N–H and O–H groups in total. The van der Waals surface area contributed by atoms with Crippen molar-refractivity contribution >= 4 is 5.97 Å². The highest BCUT2D eigenvalue weighted by Gasteiger charge is 2.13. The summed E-state index contributed by atoms with van der Waals surface area (Å²) in [6.07, 6.45) is 5.61. The molecule has 0 atom stereocenters. The van der Waals surface area contributed by atoms with E-state index in [0.29, 0.717) is 29.3 Å². The zero-order chi connectivity index (χ0) is 25.7. The first kappa shape index (κ1) is 20.5. The van der Waals surface area contributed by atoms with Gasteiger partial charge in [0, 0.05) is 35.0 Å². The Kier molecular flexibility index (Phi) is 6.47. The molecule has 174 valence electrons. The van der Waals surface area contributed by atoms with E-state index in [2.05, 4.69) is 4.98 Å². The first-order chi connectivity index (χ1) is 17.3. The van der Waals surface area contributed by atoms with Crippen molar-refractivity contribution in [1.29, 1.82) is 0 Å². The van der Waals surface area contributed by atoms with E-state index >= 15 is 0 Å². The fourth-order valence-electron chi connectivity index (χ4n) is 3.49. The number of aliphatic carboxylic acids is 1. The molecule has 2 aromatic carbocycles. The van der Waals surface area contributed by atoms with Crippen molar-refractivity contribution in [1.82, 2.24) is 9.55 Å². The standard InChI is InChI=1S/C28H28N2O4/c1-20(9-14-27(31)32)15-17-34-26-7-4-3-6-24(26)19-30-21(2)18-29-28(30)23-12-10-22(11-13-23)25-8-5-16-33-25/h3-8,10-13,15-16,18H,9,14,17,19H2,1-2H3,(H,31,32)/b20-15+/i19D2. The van der Waals surface area contributed by atoms with E-state index in [9.17, 15) is 4.79 Å². The topological polar surface area (TPSA) is 77.5 Å². The average molecular weight is 459 g/mol. The number of allylic oxidation sites excluding steroid dienone is 1. The zero-order valence-electron chi connectivity index (χ0n) is 21.2. The largest absolute Gasteiger partial charge is 0.489 e. The van der Waals surface area contributed by atoms with E-state index in [1.165, 1.54) is 0 Å². The van der Waals surface area contributed by atoms with Gasteiger partial charge in [-0.2, -0.15) is 0 Å². The Labute approximate surface area is 202 Å². The van der Waals surface area contributed by atoms with Gasteiger partial charge in [0.15, 0.2) is 0 Å². The van der Waals surface area contributed by atoms with Crippen molar-refractivity contribution in [2.24, 2.45) is 0 Å². The normalized spacial score (nSPS) is 12.8. The van der Waals surface area contributed by atoms with E-state index in [-0.39, 0.29) is 13.0 Å². The summed E-state index contributed by atoms with van der Waals surface area (Å²) >= 11 is 0. The molecule has 6 nitrogen and oxygen atoms in total. The van der Waals surface area contributed by atoms with Crippen LogP contribution < -0.4 is 4.74 Å². The molecule has 2 aromatic heterocycles. The molecule has 0 fully saturated rings. The molecular formula is C28H28N2O4. The summed E-state index contributed by atoms with van der Waals surface area (Å²) in [4.78, 5) is 15.3. The van der Waals surface area contributed by atoms with Gasteiger partial charge in [-0.1, -0.05) is 48.0 Å². The number of carbonyl (C=O) groups is 1. The minimum absolute atomic E-state index is 0.0621. The molecule has 0 unspecified atom stereocenters. The van der Waals surface area contributed by atoms with Crippen LogP contribution in [0.4, 0.5) is 0 Å². The van der Waals surface area contributed by atoms with Crippen molar-refractivity contribution in [3.8, 4) is 28.5 Å². The molecule has 4 aromatic rings. The lowest BCUT2D eigenvalue weighted by Gasteiger charge is -2.14. The van der Waals surface area contributed by atoms with Gasteiger partial charge in [-0.25, -0.2) is 4.98 Å². The summed E-state index contributed by atoms with van der Waals surface area (Å²) < 4.78 is 31.2. The highest BCUT2D eigenvalue weighted by Crippen LogP contribution is 2.27. The van der Waals surface area contributed by atoms with Gasteiger partial charge < -0.3 is 18.8 Å². The lowest BCUT2D eigenvalue weighted by molar-refractivity contribution is -0.136. The number of ether oxygens (including phenoxy) is 1. The Morgan fingerprint density at radius 3 is 2.62 bits per heavy atom. The van der Waals surface area contributed by atoms with Gasteiger partial charge in [-0.3, -0.25) is 4.79 Å². The van der Waals surface area contributed by atoms with Gasteiger partial charge in [0.1, 0.15) is 23.9 Å². The number of aromatic nitrogens is 2. The maximum atomic E-state index is 10.8. The van der Waals surface area contributed by atoms with Crippen molar-refractivity contribution in [2.75, 3.05) is 6.61 Å². The maximum absolute atomic E-state index is 10.8. The summed E-state index contributed by atoms with van der Waals surface area (Å²) in [5.74, 6) is 0.832. The summed E-state index contributed by atoms with van der Waals surface area (Å²) in [7, 11) is 0. The number of furan rings is 1. The highest BCUT2D eigenvalue weighted by molar-refractivity contribution is 5.67. The van der Waals surface area contributed by atoms with Gasteiger partial charge in [0.05, 0.1) is 15.5 Å². The van der Waals surface area contributed by atoms with E-state index in [1.807, 2.05) is 56.3 Å². The van der Waals surface area contributed by atoms with Gasteiger partial charge in [0.2, 0.25) is 0 Å². The third-order valence-electron chi connectivity index (χ3n) is 5.41. The van der Waals surface area contributed by atoms with Crippen LogP contribution >= 0.6 is 0 Å². The molecule has 0 radical (unpaired) electrons. The summed E-state index contributed by atoms with van der Waals surface area (Å²) in [5, 5.41) is 8.85. The van der Waals surface area contributed by atoms with Crippen molar-refractivity contribution in [3.05, 3.63) is 96.0 Å². The van der Waals surface area contributed by atoms with Gasteiger partial charge >= 0.3 is 5.97 Å². The quantitative estimate of drug-likeness (QED) is 0.280. The van der Waals surface area contributed by atoms with E-state index in [1.54, 1.807) is 41.3 Å². The fourth-order valence-corrected chi connectivity index (χ4v) is 3.49. The number of carboxylic acid groups (broad SMARTS) is 1. The molecule has 0 bridgehead atoms. The Balaban J connectivity index is 1.61. The van der Waals surface area contributed by atoms with Crippen LogP contribution in [0.1, 0.15) is 33.8 Å². The molecule has 0 spiro atoms. The second kappa shape index (κ2) is 10.7. The number of nitrogens with zero attached hydrogens (tertiary/aromatic N) is 2. The van der Waals surface area contributed by atoms with Gasteiger partial charge in [-0.05, 0) is 44.5 Å². The molecular weight excluding hydrogens is 428 g/mol. The molecule has 0 amide bonds. The lowest BCUT2D eigenvalue weighted by Crippen LogP contribution is -2.07. The number of hydrogen-bond donors (Lipinski definition) is 1. The van der Waals surface area contributed by atoms with Gasteiger partial charge in [-0.15, -0.1) is 0 Å². The number of rotatable bonds is 10. The number of imidazole rings is 1. The number of hydrogen-bond acceptors (Lipinski definition) is 4. The first-order valence-electron chi connectivity index (χ1n) is 12.1. The van der Waals surface area contributed by atoms with Crippen molar-refractivity contribution < 1.29 is 21.8 Å². The van der Waals surface area contributed by atoms with Crippen LogP contribution in [0.3, 0.4) is 0 Å². The summed E-state index contributed by atoms with van der Waals surface area (Å²) in [6, 6.07) is 18.4. The van der Waals surface area contributed by atoms with Crippen LogP contribution in [0.5, 0.6) is 5.75 Å². The Morgan fingerprint density at radius 2 is 1.88 bits per heavy atom. The number of benzene rings is 2. The lowest BCUT2D eigenvalue weighted by atomic mass is 10.1. The smallest absolute Gasteiger partial charge is 0.303 e. The number of para-hydroxylation sites is 1. The molecule has 0 saturated heterocycles. The second-order valence-electron chi connectivity index (χ2n) is 7.98. The van der Waals surface area contributed by atoms with Crippen LogP contribution in [0.2, 0.25) is 0 Å². The highest BCUT2D eigenvalue weighted by atomic mass is 16.5. The Morgan fingerprint density at radius 1 is 1.12 bits per heavy atom. The molecule has 0 aliphatic rings. The van der Waals surface area contributed by atoms with E-state index < -0.39 is 12.5 Å². The molecule has 0 saturated carbocycles. The van der Waals surface area contributed by atoms with Crippen LogP contribution in [0.15, 0.2) is 89.2 Å². The average Bonchev–Trinajstić information content (AvgIpc) is 3.53. The summed E-state index contributed by atoms with van der Waals surface area (Å²) in [6.45, 7) is 1.94. The van der Waals surface area contributed by atoms with E-state index in [4.69, 9.17) is 17.0 Å². The predicted octanol–water partition coefficient (Wildman–Crippen LogP) is 6.36. The number of carboxylic acids is 1. The molecule has 4 rings (SSSR count).